The highest BCUT2D eigenvalue weighted by Gasteiger charge is 2.19. The molecule has 2 aromatic rings. The van der Waals surface area contributed by atoms with Crippen LogP contribution in [0.2, 0.25) is 0 Å². The Morgan fingerprint density at radius 3 is 2.12 bits per heavy atom. The van der Waals surface area contributed by atoms with Gasteiger partial charge in [-0.1, -0.05) is 6.07 Å². The summed E-state index contributed by atoms with van der Waals surface area (Å²) in [6, 6.07) is 8.98. The van der Waals surface area contributed by atoms with Gasteiger partial charge in [0.05, 0.1) is 19.8 Å². The first-order valence-corrected chi connectivity index (χ1v) is 11.0. The van der Waals surface area contributed by atoms with Gasteiger partial charge in [-0.15, -0.1) is 0 Å². The second-order valence-corrected chi connectivity index (χ2v) is 7.18. The van der Waals surface area contributed by atoms with E-state index < -0.39 is 11.8 Å². The van der Waals surface area contributed by atoms with Crippen LogP contribution in [-0.2, 0) is 17.6 Å². The van der Waals surface area contributed by atoms with E-state index in [1.54, 1.807) is 12.1 Å². The maximum atomic E-state index is 12.6. The number of amides is 2. The Bertz CT molecular complexity index is 932. The normalized spacial score (nSPS) is 12.0. The first-order valence-electron chi connectivity index (χ1n) is 11.0. The molecule has 172 valence electrons. The molecule has 0 fully saturated rings. The van der Waals surface area contributed by atoms with Crippen LogP contribution in [-0.4, -0.2) is 38.2 Å². The van der Waals surface area contributed by atoms with Crippen LogP contribution in [0.25, 0.3) is 0 Å². The van der Waals surface area contributed by atoms with Crippen LogP contribution in [0.15, 0.2) is 30.3 Å². The smallest absolute Gasteiger partial charge is 0.276 e. The summed E-state index contributed by atoms with van der Waals surface area (Å²) in [5.41, 5.74) is 7.63. The second kappa shape index (κ2) is 11.3. The first kappa shape index (κ1) is 23.2. The van der Waals surface area contributed by atoms with Gasteiger partial charge in [0.15, 0.2) is 18.1 Å². The van der Waals surface area contributed by atoms with Crippen molar-refractivity contribution in [1.82, 2.24) is 10.9 Å². The SMILES string of the molecule is CCOc1cc(C(=O)NNC(=O)COc2ccc3c(c2)CCC3)cc(OCC)c1OCC. The zero-order valence-corrected chi connectivity index (χ0v) is 18.8. The Hall–Kier alpha value is -3.42. The van der Waals surface area contributed by atoms with Crippen LogP contribution >= 0.6 is 0 Å². The number of carbonyl (C=O) groups is 2. The standard InChI is InChI=1S/C24H30N2O6/c1-4-29-20-13-18(14-21(30-5-2)23(20)31-6-3)24(28)26-25-22(27)15-32-19-11-10-16-8-7-9-17(16)12-19/h10-14H,4-9,15H2,1-3H3,(H,25,27)(H,26,28). The van der Waals surface area contributed by atoms with E-state index in [4.69, 9.17) is 18.9 Å². The zero-order chi connectivity index (χ0) is 22.9. The quantitative estimate of drug-likeness (QED) is 0.549. The summed E-state index contributed by atoms with van der Waals surface area (Å²) in [7, 11) is 0. The topological polar surface area (TPSA) is 95.1 Å². The first-order chi connectivity index (χ1) is 15.5. The number of fused-ring (bicyclic) bond motifs is 1. The molecule has 0 heterocycles. The monoisotopic (exact) mass is 442 g/mol. The Morgan fingerprint density at radius 1 is 0.812 bits per heavy atom. The summed E-state index contributed by atoms with van der Waals surface area (Å²) in [5.74, 6) is 0.898. The number of aryl methyl sites for hydroxylation is 2. The molecule has 0 saturated carbocycles. The van der Waals surface area contributed by atoms with Crippen molar-refractivity contribution in [3.8, 4) is 23.0 Å². The molecule has 2 amide bonds. The summed E-state index contributed by atoms with van der Waals surface area (Å²) in [6.45, 7) is 6.53. The van der Waals surface area contributed by atoms with Crippen molar-refractivity contribution in [2.45, 2.75) is 40.0 Å². The van der Waals surface area contributed by atoms with E-state index in [9.17, 15) is 9.59 Å². The second-order valence-electron chi connectivity index (χ2n) is 7.18. The molecule has 0 radical (unpaired) electrons. The number of ether oxygens (including phenoxy) is 4. The van der Waals surface area contributed by atoms with Gasteiger partial charge in [0.2, 0.25) is 5.75 Å². The molecule has 0 saturated heterocycles. The van der Waals surface area contributed by atoms with Crippen LogP contribution in [0, 0.1) is 0 Å². The molecule has 32 heavy (non-hydrogen) atoms. The molecule has 1 aliphatic carbocycles. The average Bonchev–Trinajstić information content (AvgIpc) is 3.26. The number of benzene rings is 2. The van der Waals surface area contributed by atoms with Gasteiger partial charge >= 0.3 is 0 Å². The lowest BCUT2D eigenvalue weighted by Gasteiger charge is -2.17. The molecule has 2 aromatic carbocycles. The molecule has 3 rings (SSSR count). The maximum Gasteiger partial charge on any atom is 0.276 e. The van der Waals surface area contributed by atoms with Crippen LogP contribution in [0.4, 0.5) is 0 Å². The van der Waals surface area contributed by atoms with E-state index in [1.807, 2.05) is 39.0 Å². The van der Waals surface area contributed by atoms with E-state index in [0.717, 1.165) is 19.3 Å². The van der Waals surface area contributed by atoms with Crippen LogP contribution in [0.5, 0.6) is 23.0 Å². The molecular formula is C24H30N2O6. The Morgan fingerprint density at radius 2 is 1.47 bits per heavy atom. The highest BCUT2D eigenvalue weighted by molar-refractivity contribution is 5.96. The molecule has 0 unspecified atom stereocenters. The predicted molar refractivity (Wildman–Crippen MR) is 120 cm³/mol. The zero-order valence-electron chi connectivity index (χ0n) is 18.8. The third kappa shape index (κ3) is 5.84. The molecule has 1 aliphatic rings. The van der Waals surface area contributed by atoms with Crippen molar-refractivity contribution in [2.75, 3.05) is 26.4 Å². The van der Waals surface area contributed by atoms with E-state index in [1.165, 1.54) is 11.1 Å². The van der Waals surface area contributed by atoms with Crippen molar-refractivity contribution in [2.24, 2.45) is 0 Å². The molecular weight excluding hydrogens is 412 g/mol. The van der Waals surface area contributed by atoms with Gasteiger partial charge in [0.1, 0.15) is 5.75 Å². The van der Waals surface area contributed by atoms with E-state index >= 15 is 0 Å². The number of hydrogen-bond donors (Lipinski definition) is 2. The number of hydrogen-bond acceptors (Lipinski definition) is 6. The molecule has 0 aliphatic heterocycles. The van der Waals surface area contributed by atoms with Gasteiger partial charge in [-0.2, -0.15) is 0 Å². The average molecular weight is 443 g/mol. The molecule has 0 aromatic heterocycles. The summed E-state index contributed by atoms with van der Waals surface area (Å²) >= 11 is 0. The predicted octanol–water partition coefficient (Wildman–Crippen LogP) is 3.21. The van der Waals surface area contributed by atoms with E-state index in [-0.39, 0.29) is 12.2 Å². The van der Waals surface area contributed by atoms with Gasteiger partial charge in [-0.25, -0.2) is 0 Å². The Labute approximate surface area is 188 Å². The number of rotatable bonds is 10. The van der Waals surface area contributed by atoms with Crippen molar-refractivity contribution in [3.63, 3.8) is 0 Å². The van der Waals surface area contributed by atoms with Crippen molar-refractivity contribution >= 4 is 11.8 Å². The minimum Gasteiger partial charge on any atom is -0.490 e. The molecule has 0 spiro atoms. The van der Waals surface area contributed by atoms with E-state index in [0.29, 0.717) is 42.8 Å². The van der Waals surface area contributed by atoms with Gasteiger partial charge in [-0.05, 0) is 75.4 Å². The van der Waals surface area contributed by atoms with Crippen LogP contribution < -0.4 is 29.8 Å². The van der Waals surface area contributed by atoms with Crippen LogP contribution in [0.3, 0.4) is 0 Å². The fraction of sp³-hybridized carbons (Fsp3) is 0.417. The Kier molecular flexibility index (Phi) is 8.19. The largest absolute Gasteiger partial charge is 0.490 e. The fourth-order valence-corrected chi connectivity index (χ4v) is 3.54. The van der Waals surface area contributed by atoms with Gasteiger partial charge < -0.3 is 18.9 Å². The third-order valence-electron chi connectivity index (χ3n) is 4.93. The highest BCUT2D eigenvalue weighted by atomic mass is 16.5. The van der Waals surface area contributed by atoms with E-state index in [2.05, 4.69) is 10.9 Å². The lowest BCUT2D eigenvalue weighted by atomic mass is 10.1. The lowest BCUT2D eigenvalue weighted by molar-refractivity contribution is -0.123. The summed E-state index contributed by atoms with van der Waals surface area (Å²) in [5, 5.41) is 0. The van der Waals surface area contributed by atoms with Gasteiger partial charge in [-0.3, -0.25) is 20.4 Å². The number of hydrazine groups is 1. The summed E-state index contributed by atoms with van der Waals surface area (Å²) in [6.07, 6.45) is 3.26. The molecule has 8 nitrogen and oxygen atoms in total. The lowest BCUT2D eigenvalue weighted by Crippen LogP contribution is -2.43. The summed E-state index contributed by atoms with van der Waals surface area (Å²) < 4.78 is 22.4. The molecule has 0 atom stereocenters. The minimum absolute atomic E-state index is 0.212. The molecule has 0 bridgehead atoms. The third-order valence-corrected chi connectivity index (χ3v) is 4.93. The maximum absolute atomic E-state index is 12.6. The number of nitrogens with one attached hydrogen (secondary N) is 2. The van der Waals surface area contributed by atoms with Gasteiger partial charge in [0.25, 0.3) is 11.8 Å². The van der Waals surface area contributed by atoms with Gasteiger partial charge in [0, 0.05) is 5.56 Å². The van der Waals surface area contributed by atoms with Crippen molar-refractivity contribution in [3.05, 3.63) is 47.0 Å². The van der Waals surface area contributed by atoms with Crippen LogP contribution in [0.1, 0.15) is 48.7 Å². The fourth-order valence-electron chi connectivity index (χ4n) is 3.54. The number of carbonyl (C=O) groups excluding carboxylic acids is 2. The Balaban J connectivity index is 1.60. The summed E-state index contributed by atoms with van der Waals surface area (Å²) in [4.78, 5) is 24.8. The molecule has 8 heteroatoms. The minimum atomic E-state index is -0.513. The van der Waals surface area contributed by atoms with Crippen molar-refractivity contribution in [1.29, 1.82) is 0 Å². The van der Waals surface area contributed by atoms with Crippen molar-refractivity contribution < 1.29 is 28.5 Å². The molecule has 2 N–H and O–H groups in total. The highest BCUT2D eigenvalue weighted by Crippen LogP contribution is 2.39.